The van der Waals surface area contributed by atoms with E-state index >= 15 is 0 Å². The van der Waals surface area contributed by atoms with E-state index in [2.05, 4.69) is 0 Å². The van der Waals surface area contributed by atoms with Crippen LogP contribution in [0, 0.1) is 0 Å². The second kappa shape index (κ2) is 2.26. The van der Waals surface area contributed by atoms with Crippen LogP contribution in [0.5, 0.6) is 5.75 Å². The molecule has 0 amide bonds. The summed E-state index contributed by atoms with van der Waals surface area (Å²) in [5, 5.41) is 1.31. The Hall–Kier alpha value is -1.46. The molecular weight excluding hydrogens is 156 g/mol. The number of para-hydroxylation sites is 1. The van der Waals surface area contributed by atoms with Crippen molar-refractivity contribution in [3.05, 3.63) is 18.2 Å². The fraction of sp³-hybridized carbons (Fsp3) is 0.143. The van der Waals surface area contributed by atoms with E-state index in [9.17, 15) is 0 Å². The Morgan fingerprint density at radius 2 is 2.17 bits per heavy atom. The highest BCUT2D eigenvalue weighted by Gasteiger charge is 2.27. The minimum Gasteiger partial charge on any atom is -0.454 e. The predicted molar refractivity (Wildman–Crippen MR) is 46.1 cm³/mol. The third kappa shape index (κ3) is 0.806. The van der Waals surface area contributed by atoms with E-state index in [-0.39, 0.29) is 0 Å². The van der Waals surface area contributed by atoms with Gasteiger partial charge in [0.1, 0.15) is 5.69 Å². The quantitative estimate of drug-likeness (QED) is 0.360. The molecule has 0 aromatic heterocycles. The summed E-state index contributed by atoms with van der Waals surface area (Å²) in [7, 11) is 0. The first-order chi connectivity index (χ1) is 5.70. The second-order valence-corrected chi connectivity index (χ2v) is 2.61. The van der Waals surface area contributed by atoms with Crippen LogP contribution in [0.3, 0.4) is 0 Å². The maximum absolute atomic E-state index is 5.67. The molecule has 1 aromatic carbocycles. The number of rotatable bonds is 0. The van der Waals surface area contributed by atoms with Gasteiger partial charge in [-0.1, -0.05) is 6.07 Å². The van der Waals surface area contributed by atoms with Gasteiger partial charge in [-0.25, -0.2) is 5.84 Å². The molecule has 0 saturated heterocycles. The zero-order chi connectivity index (χ0) is 8.72. The van der Waals surface area contributed by atoms with E-state index in [4.69, 9.17) is 22.0 Å². The van der Waals surface area contributed by atoms with E-state index in [1.54, 1.807) is 18.2 Å². The summed E-state index contributed by atoms with van der Waals surface area (Å²) in [5.41, 5.74) is 12.4. The molecule has 5 heteroatoms. The second-order valence-electron chi connectivity index (χ2n) is 2.61. The van der Waals surface area contributed by atoms with Crippen molar-refractivity contribution in [3.8, 4) is 5.75 Å². The third-order valence-corrected chi connectivity index (χ3v) is 1.81. The molecule has 0 radical (unpaired) electrons. The topological polar surface area (TPSA) is 90.5 Å². The standard InChI is InChI=1S/C7H10N4O/c8-4-2-1-3-5-6(4)11(10)7(9)12-5/h1-3,7H,8-10H2. The zero-order valence-corrected chi connectivity index (χ0v) is 6.40. The minimum absolute atomic E-state index is 0.572. The van der Waals surface area contributed by atoms with E-state index < -0.39 is 6.35 Å². The van der Waals surface area contributed by atoms with Gasteiger partial charge < -0.3 is 10.5 Å². The summed E-state index contributed by atoms with van der Waals surface area (Å²) in [5.74, 6) is 6.22. The van der Waals surface area contributed by atoms with E-state index in [1.165, 1.54) is 5.01 Å². The summed E-state index contributed by atoms with van der Waals surface area (Å²) in [6, 6.07) is 5.32. The highest BCUT2D eigenvalue weighted by Crippen LogP contribution is 2.38. The Morgan fingerprint density at radius 3 is 2.83 bits per heavy atom. The molecule has 1 aliphatic rings. The SMILES string of the molecule is Nc1cccc2c1N(N)C(N)O2. The Balaban J connectivity index is 2.55. The molecule has 1 aromatic rings. The van der Waals surface area contributed by atoms with Crippen molar-refractivity contribution in [2.75, 3.05) is 10.7 Å². The largest absolute Gasteiger partial charge is 0.454 e. The zero-order valence-electron chi connectivity index (χ0n) is 6.40. The van der Waals surface area contributed by atoms with Crippen molar-refractivity contribution >= 4 is 11.4 Å². The lowest BCUT2D eigenvalue weighted by Gasteiger charge is -2.15. The number of hydrazine groups is 1. The number of fused-ring (bicyclic) bond motifs is 1. The van der Waals surface area contributed by atoms with Crippen LogP contribution in [0.4, 0.5) is 11.4 Å². The van der Waals surface area contributed by atoms with Gasteiger partial charge in [0.25, 0.3) is 0 Å². The lowest BCUT2D eigenvalue weighted by Crippen LogP contribution is -2.46. The highest BCUT2D eigenvalue weighted by molar-refractivity contribution is 5.76. The lowest BCUT2D eigenvalue weighted by molar-refractivity contribution is 0.232. The number of nitrogen functional groups attached to an aromatic ring is 1. The number of hydrogen-bond donors (Lipinski definition) is 3. The molecule has 1 aliphatic heterocycles. The molecule has 12 heavy (non-hydrogen) atoms. The van der Waals surface area contributed by atoms with Gasteiger partial charge >= 0.3 is 0 Å². The summed E-state index contributed by atoms with van der Waals surface area (Å²) >= 11 is 0. The third-order valence-electron chi connectivity index (χ3n) is 1.81. The van der Waals surface area contributed by atoms with Crippen LogP contribution in [0.2, 0.25) is 0 Å². The first-order valence-corrected chi connectivity index (χ1v) is 3.55. The smallest absolute Gasteiger partial charge is 0.241 e. The van der Waals surface area contributed by atoms with Crippen molar-refractivity contribution in [1.29, 1.82) is 0 Å². The van der Waals surface area contributed by atoms with Gasteiger partial charge in [-0.3, -0.25) is 10.7 Å². The van der Waals surface area contributed by atoms with Crippen LogP contribution < -0.4 is 27.1 Å². The van der Waals surface area contributed by atoms with Gasteiger partial charge in [0, 0.05) is 0 Å². The van der Waals surface area contributed by atoms with Crippen molar-refractivity contribution in [2.45, 2.75) is 6.35 Å². The molecule has 6 N–H and O–H groups in total. The lowest BCUT2D eigenvalue weighted by atomic mass is 10.2. The minimum atomic E-state index is -0.635. The molecule has 0 aliphatic carbocycles. The number of hydrogen-bond acceptors (Lipinski definition) is 5. The van der Waals surface area contributed by atoms with Gasteiger partial charge in [-0.15, -0.1) is 0 Å². The monoisotopic (exact) mass is 166 g/mol. The number of ether oxygens (including phenoxy) is 1. The van der Waals surface area contributed by atoms with Crippen LogP contribution in [0.1, 0.15) is 0 Å². The van der Waals surface area contributed by atoms with Crippen LogP contribution in [-0.4, -0.2) is 6.35 Å². The molecule has 0 fully saturated rings. The van der Waals surface area contributed by atoms with E-state index in [1.807, 2.05) is 0 Å². The molecular formula is C7H10N4O. The van der Waals surface area contributed by atoms with Gasteiger partial charge in [-0.2, -0.15) is 0 Å². The average molecular weight is 166 g/mol. The van der Waals surface area contributed by atoms with E-state index in [0.717, 1.165) is 0 Å². The van der Waals surface area contributed by atoms with Gasteiger partial charge in [0.15, 0.2) is 5.75 Å². The molecule has 1 heterocycles. The fourth-order valence-corrected chi connectivity index (χ4v) is 1.22. The fourth-order valence-electron chi connectivity index (χ4n) is 1.22. The normalized spacial score (nSPS) is 20.5. The summed E-state index contributed by atoms with van der Waals surface area (Å²) in [6.07, 6.45) is -0.635. The van der Waals surface area contributed by atoms with Crippen molar-refractivity contribution in [1.82, 2.24) is 0 Å². The predicted octanol–water partition coefficient (Wildman–Crippen LogP) is -0.416. The maximum atomic E-state index is 5.67. The molecule has 1 atom stereocenters. The van der Waals surface area contributed by atoms with E-state index in [0.29, 0.717) is 17.1 Å². The molecule has 64 valence electrons. The Bertz CT molecular complexity index is 314. The van der Waals surface area contributed by atoms with Gasteiger partial charge in [-0.05, 0) is 12.1 Å². The summed E-state index contributed by atoms with van der Waals surface area (Å²) < 4.78 is 5.20. The summed E-state index contributed by atoms with van der Waals surface area (Å²) in [4.78, 5) is 0. The Kier molecular flexibility index (Phi) is 1.36. The molecule has 0 saturated carbocycles. The number of nitrogens with two attached hydrogens (primary N) is 3. The van der Waals surface area contributed by atoms with Crippen LogP contribution in [-0.2, 0) is 0 Å². The number of benzene rings is 1. The molecule has 1 unspecified atom stereocenters. The Labute approximate surface area is 69.7 Å². The first-order valence-electron chi connectivity index (χ1n) is 3.55. The summed E-state index contributed by atoms with van der Waals surface area (Å²) in [6.45, 7) is 0. The van der Waals surface area contributed by atoms with Gasteiger partial charge in [0.2, 0.25) is 6.35 Å². The first kappa shape index (κ1) is 7.20. The highest BCUT2D eigenvalue weighted by atomic mass is 16.5. The maximum Gasteiger partial charge on any atom is 0.241 e. The van der Waals surface area contributed by atoms with Crippen molar-refractivity contribution in [3.63, 3.8) is 0 Å². The molecule has 0 bridgehead atoms. The van der Waals surface area contributed by atoms with Crippen LogP contribution >= 0.6 is 0 Å². The number of anilines is 2. The van der Waals surface area contributed by atoms with Crippen LogP contribution in [0.25, 0.3) is 0 Å². The van der Waals surface area contributed by atoms with Crippen molar-refractivity contribution in [2.24, 2.45) is 11.6 Å². The van der Waals surface area contributed by atoms with Crippen molar-refractivity contribution < 1.29 is 4.74 Å². The Morgan fingerprint density at radius 1 is 1.42 bits per heavy atom. The molecule has 2 rings (SSSR count). The average Bonchev–Trinajstić information content (AvgIpc) is 2.29. The molecule has 0 spiro atoms. The molecule has 5 nitrogen and oxygen atoms in total. The van der Waals surface area contributed by atoms with Gasteiger partial charge in [0.05, 0.1) is 5.69 Å². The number of nitrogens with zero attached hydrogens (tertiary/aromatic N) is 1. The van der Waals surface area contributed by atoms with Crippen LogP contribution in [0.15, 0.2) is 18.2 Å².